The SMILES string of the molecule is CC(C)(C)c1nn(Cc2ccc(F)cc2C(F)(F)F)c(=O)c(C(=O)NCC(=O)O)c1O. The number of aromatic hydroxyl groups is 1. The first-order valence-corrected chi connectivity index (χ1v) is 8.83. The molecule has 12 heteroatoms. The van der Waals surface area contributed by atoms with Crippen LogP contribution in [0.4, 0.5) is 17.6 Å². The van der Waals surface area contributed by atoms with E-state index in [9.17, 15) is 37.1 Å². The molecule has 2 aromatic rings. The minimum Gasteiger partial charge on any atom is -0.505 e. The summed E-state index contributed by atoms with van der Waals surface area (Å²) in [6.45, 7) is 3.07. The number of alkyl halides is 3. The highest BCUT2D eigenvalue weighted by Crippen LogP contribution is 2.33. The molecular formula is C19H19F4N3O5. The van der Waals surface area contributed by atoms with Crippen molar-refractivity contribution >= 4 is 11.9 Å². The molecule has 0 saturated carbocycles. The fourth-order valence-corrected chi connectivity index (χ4v) is 2.74. The number of nitrogens with one attached hydrogen (secondary N) is 1. The molecule has 0 fully saturated rings. The van der Waals surface area contributed by atoms with Gasteiger partial charge >= 0.3 is 12.1 Å². The Morgan fingerprint density at radius 3 is 2.32 bits per heavy atom. The lowest BCUT2D eigenvalue weighted by Gasteiger charge is -2.22. The number of nitrogens with zero attached hydrogens (tertiary/aromatic N) is 2. The van der Waals surface area contributed by atoms with E-state index in [1.807, 2.05) is 5.32 Å². The second kappa shape index (κ2) is 8.36. The summed E-state index contributed by atoms with van der Waals surface area (Å²) in [6, 6.07) is 1.88. The molecule has 0 atom stereocenters. The summed E-state index contributed by atoms with van der Waals surface area (Å²) in [5.41, 5.74) is -5.06. The standard InChI is InChI=1S/C19H19F4N3O5/c1-18(2,3)15-14(29)13(16(30)24-7-12(27)28)17(31)26(25-15)8-9-4-5-10(20)6-11(9)19(21,22)23/h4-6,29H,7-8H2,1-3H3,(H,24,30)(H,27,28). The molecule has 3 N–H and O–H groups in total. The molecule has 0 aliphatic carbocycles. The number of rotatable bonds is 5. The maximum Gasteiger partial charge on any atom is 0.416 e. The minimum atomic E-state index is -4.92. The highest BCUT2D eigenvalue weighted by molar-refractivity contribution is 5.98. The third-order valence-corrected chi connectivity index (χ3v) is 4.17. The smallest absolute Gasteiger partial charge is 0.416 e. The van der Waals surface area contributed by atoms with Gasteiger partial charge < -0.3 is 15.5 Å². The number of halogens is 4. The highest BCUT2D eigenvalue weighted by atomic mass is 19.4. The molecule has 0 unspecified atom stereocenters. The predicted octanol–water partition coefficient (Wildman–Crippen LogP) is 2.27. The van der Waals surface area contributed by atoms with Crippen LogP contribution in [0.3, 0.4) is 0 Å². The second-order valence-corrected chi connectivity index (χ2v) is 7.66. The van der Waals surface area contributed by atoms with E-state index in [0.29, 0.717) is 4.68 Å². The van der Waals surface area contributed by atoms with Crippen molar-refractivity contribution in [1.82, 2.24) is 15.1 Å². The van der Waals surface area contributed by atoms with E-state index in [1.165, 1.54) is 0 Å². The number of carboxylic acids is 1. The number of amides is 1. The molecule has 2 rings (SSSR count). The summed E-state index contributed by atoms with van der Waals surface area (Å²) < 4.78 is 53.9. The summed E-state index contributed by atoms with van der Waals surface area (Å²) in [5.74, 6) is -4.60. The number of carbonyl (C=O) groups excluding carboxylic acids is 1. The fourth-order valence-electron chi connectivity index (χ4n) is 2.74. The minimum absolute atomic E-state index is 0.178. The summed E-state index contributed by atoms with van der Waals surface area (Å²) >= 11 is 0. The van der Waals surface area contributed by atoms with Crippen molar-refractivity contribution in [3.8, 4) is 5.75 Å². The Labute approximate surface area is 173 Å². The molecule has 0 bridgehead atoms. The van der Waals surface area contributed by atoms with Crippen LogP contribution in [-0.2, 0) is 22.9 Å². The van der Waals surface area contributed by atoms with Gasteiger partial charge in [0.1, 0.15) is 23.6 Å². The van der Waals surface area contributed by atoms with Crippen LogP contribution >= 0.6 is 0 Å². The van der Waals surface area contributed by atoms with Crippen molar-refractivity contribution in [3.63, 3.8) is 0 Å². The molecule has 0 aliphatic heterocycles. The Balaban J connectivity index is 2.70. The molecule has 1 amide bonds. The van der Waals surface area contributed by atoms with Gasteiger partial charge in [-0.2, -0.15) is 18.3 Å². The average Bonchev–Trinajstić information content (AvgIpc) is 2.61. The monoisotopic (exact) mass is 445 g/mol. The Morgan fingerprint density at radius 1 is 1.19 bits per heavy atom. The van der Waals surface area contributed by atoms with Crippen molar-refractivity contribution in [3.05, 3.63) is 56.8 Å². The van der Waals surface area contributed by atoms with Crippen LogP contribution < -0.4 is 10.9 Å². The zero-order chi connectivity index (χ0) is 23.7. The van der Waals surface area contributed by atoms with Gasteiger partial charge in [0.05, 0.1) is 12.1 Å². The summed E-state index contributed by atoms with van der Waals surface area (Å²) in [6.07, 6.45) is -4.92. The van der Waals surface area contributed by atoms with Crippen molar-refractivity contribution in [2.24, 2.45) is 0 Å². The van der Waals surface area contributed by atoms with Gasteiger partial charge in [-0.25, -0.2) is 9.07 Å². The van der Waals surface area contributed by atoms with Crippen LogP contribution in [0.1, 0.15) is 48.0 Å². The van der Waals surface area contributed by atoms with Gasteiger partial charge in [0.15, 0.2) is 5.75 Å². The van der Waals surface area contributed by atoms with Crippen LogP contribution in [0.25, 0.3) is 0 Å². The molecule has 1 aromatic carbocycles. The van der Waals surface area contributed by atoms with Gasteiger partial charge in [0, 0.05) is 5.41 Å². The summed E-state index contributed by atoms with van der Waals surface area (Å²) in [4.78, 5) is 35.8. The van der Waals surface area contributed by atoms with Crippen molar-refractivity contribution in [2.45, 2.75) is 38.9 Å². The number of aliphatic carboxylic acids is 1. The zero-order valence-electron chi connectivity index (χ0n) is 16.7. The molecule has 1 heterocycles. The van der Waals surface area contributed by atoms with Gasteiger partial charge in [-0.1, -0.05) is 26.8 Å². The van der Waals surface area contributed by atoms with Crippen LogP contribution in [0.15, 0.2) is 23.0 Å². The molecule has 31 heavy (non-hydrogen) atoms. The van der Waals surface area contributed by atoms with Crippen molar-refractivity contribution in [1.29, 1.82) is 0 Å². The van der Waals surface area contributed by atoms with E-state index in [1.54, 1.807) is 20.8 Å². The van der Waals surface area contributed by atoms with Crippen LogP contribution in [0.2, 0.25) is 0 Å². The summed E-state index contributed by atoms with van der Waals surface area (Å²) in [5, 5.41) is 25.0. The lowest BCUT2D eigenvalue weighted by molar-refractivity contribution is -0.138. The average molecular weight is 445 g/mol. The van der Waals surface area contributed by atoms with Gasteiger partial charge in [-0.05, 0) is 17.7 Å². The maximum atomic E-state index is 13.4. The molecule has 0 saturated heterocycles. The molecule has 0 aliphatic rings. The molecule has 168 valence electrons. The lowest BCUT2D eigenvalue weighted by atomic mass is 9.90. The molecule has 8 nitrogen and oxygen atoms in total. The molecule has 0 radical (unpaired) electrons. The molecule has 0 spiro atoms. The van der Waals surface area contributed by atoms with E-state index < -0.39 is 70.4 Å². The summed E-state index contributed by atoms with van der Waals surface area (Å²) in [7, 11) is 0. The number of benzene rings is 1. The van der Waals surface area contributed by atoms with E-state index in [0.717, 1.165) is 12.1 Å². The van der Waals surface area contributed by atoms with Crippen molar-refractivity contribution < 1.29 is 37.4 Å². The highest BCUT2D eigenvalue weighted by Gasteiger charge is 2.35. The fraction of sp³-hybridized carbons (Fsp3) is 0.368. The predicted molar refractivity (Wildman–Crippen MR) is 99.3 cm³/mol. The largest absolute Gasteiger partial charge is 0.505 e. The third kappa shape index (κ3) is 5.38. The molecule has 1 aromatic heterocycles. The van der Waals surface area contributed by atoms with Crippen LogP contribution in [0.5, 0.6) is 5.75 Å². The lowest BCUT2D eigenvalue weighted by Crippen LogP contribution is -2.38. The van der Waals surface area contributed by atoms with E-state index >= 15 is 0 Å². The maximum absolute atomic E-state index is 13.4. The Kier molecular flexibility index (Phi) is 6.43. The van der Waals surface area contributed by atoms with Crippen LogP contribution in [0, 0.1) is 5.82 Å². The first-order chi connectivity index (χ1) is 14.1. The Hall–Kier alpha value is -3.44. The Morgan fingerprint density at radius 2 is 1.81 bits per heavy atom. The first kappa shape index (κ1) is 23.8. The topological polar surface area (TPSA) is 122 Å². The first-order valence-electron chi connectivity index (χ1n) is 8.83. The van der Waals surface area contributed by atoms with Gasteiger partial charge in [0.2, 0.25) is 0 Å². The van der Waals surface area contributed by atoms with Gasteiger partial charge in [-0.3, -0.25) is 14.4 Å². The number of carbonyl (C=O) groups is 2. The number of aromatic nitrogens is 2. The Bertz CT molecular complexity index is 1090. The molecular weight excluding hydrogens is 426 g/mol. The van der Waals surface area contributed by atoms with Gasteiger partial charge in [-0.15, -0.1) is 0 Å². The zero-order valence-corrected chi connectivity index (χ0v) is 16.7. The second-order valence-electron chi connectivity index (χ2n) is 7.66. The third-order valence-electron chi connectivity index (χ3n) is 4.17. The van der Waals surface area contributed by atoms with E-state index in [-0.39, 0.29) is 11.8 Å². The van der Waals surface area contributed by atoms with Crippen molar-refractivity contribution in [2.75, 3.05) is 6.54 Å². The number of carboxylic acid groups (broad SMARTS) is 1. The van der Waals surface area contributed by atoms with E-state index in [2.05, 4.69) is 5.10 Å². The van der Waals surface area contributed by atoms with Gasteiger partial charge in [0.25, 0.3) is 11.5 Å². The number of hydrogen-bond donors (Lipinski definition) is 3. The quantitative estimate of drug-likeness (QED) is 0.607. The normalized spacial score (nSPS) is 12.0. The van der Waals surface area contributed by atoms with E-state index in [4.69, 9.17) is 5.11 Å². The number of hydrogen-bond acceptors (Lipinski definition) is 5. The van der Waals surface area contributed by atoms with Crippen LogP contribution in [-0.4, -0.2) is 38.4 Å².